The van der Waals surface area contributed by atoms with E-state index in [4.69, 9.17) is 10.1 Å². The van der Waals surface area contributed by atoms with E-state index in [0.717, 1.165) is 61.0 Å². The average Bonchev–Trinajstić information content (AvgIpc) is 3.52. The lowest BCUT2D eigenvalue weighted by molar-refractivity contribution is -0.138. The lowest BCUT2D eigenvalue weighted by Gasteiger charge is -2.35. The molecule has 0 bridgehead atoms. The summed E-state index contributed by atoms with van der Waals surface area (Å²) >= 11 is 1.42. The van der Waals surface area contributed by atoms with E-state index in [0.29, 0.717) is 55.4 Å². The number of carbonyl (C=O) groups is 1. The number of benzene rings is 1. The van der Waals surface area contributed by atoms with E-state index < -0.39 is 23.5 Å². The van der Waals surface area contributed by atoms with Crippen molar-refractivity contribution in [2.45, 2.75) is 51.4 Å². The summed E-state index contributed by atoms with van der Waals surface area (Å²) in [6.45, 7) is 6.94. The number of aliphatic carboxylic acids is 1. The smallest absolute Gasteiger partial charge is 0.416 e. The zero-order valence-corrected chi connectivity index (χ0v) is 23.5. The number of likely N-dealkylation sites (tertiary alicyclic amines) is 1. The Morgan fingerprint density at radius 1 is 1.10 bits per heavy atom. The van der Waals surface area contributed by atoms with Crippen LogP contribution in [0.1, 0.15) is 47.3 Å². The van der Waals surface area contributed by atoms with Crippen molar-refractivity contribution < 1.29 is 27.5 Å². The molecule has 220 valence electrons. The molecule has 5 rings (SSSR count). The molecule has 2 aliphatic heterocycles. The summed E-state index contributed by atoms with van der Waals surface area (Å²) in [5, 5.41) is 9.61. The lowest BCUT2D eigenvalue weighted by atomic mass is 10.1. The number of alkyl halides is 3. The van der Waals surface area contributed by atoms with E-state index in [9.17, 15) is 22.4 Å². The number of piperazine rings is 1. The van der Waals surface area contributed by atoms with Crippen molar-refractivity contribution in [1.82, 2.24) is 24.8 Å². The maximum absolute atomic E-state index is 14.3. The maximum Gasteiger partial charge on any atom is 0.416 e. The Hall–Kier alpha value is -3.16. The second kappa shape index (κ2) is 12.4. The summed E-state index contributed by atoms with van der Waals surface area (Å²) in [4.78, 5) is 31.8. The van der Waals surface area contributed by atoms with Crippen molar-refractivity contribution in [3.63, 3.8) is 0 Å². The fourth-order valence-corrected chi connectivity index (χ4v) is 6.51. The summed E-state index contributed by atoms with van der Waals surface area (Å²) in [5.41, 5.74) is 0.178. The van der Waals surface area contributed by atoms with Gasteiger partial charge in [-0.25, -0.2) is 19.3 Å². The van der Waals surface area contributed by atoms with Gasteiger partial charge in [0.25, 0.3) is 0 Å². The summed E-state index contributed by atoms with van der Waals surface area (Å²) in [6, 6.07) is 4.83. The summed E-state index contributed by atoms with van der Waals surface area (Å²) in [7, 11) is 0. The monoisotopic (exact) mass is 592 g/mol. The third-order valence-corrected chi connectivity index (χ3v) is 8.70. The van der Waals surface area contributed by atoms with Crippen molar-refractivity contribution in [2.24, 2.45) is 0 Å². The van der Waals surface area contributed by atoms with Gasteiger partial charge in [0.2, 0.25) is 0 Å². The molecule has 0 unspecified atom stereocenters. The standard InChI is InChI=1S/C28H32F4N6O2S/c1-18-3-2-5-38(18)16-23-27(19-11-20(28(30,31)32)13-21(29)12-19)35-25(41-23)15-22-14-24(34-17-33-22)37-9-7-36(8-10-37)6-4-26(39)40/h11-14,17-18H,2-10,15-16H2,1H3,(H,39,40)/t18-/m1/s1. The van der Waals surface area contributed by atoms with Crippen LogP contribution in [-0.2, 0) is 23.9 Å². The number of halogens is 4. The average molecular weight is 593 g/mol. The predicted molar refractivity (Wildman–Crippen MR) is 147 cm³/mol. The predicted octanol–water partition coefficient (Wildman–Crippen LogP) is 4.93. The Kier molecular flexibility index (Phi) is 8.85. The van der Waals surface area contributed by atoms with Gasteiger partial charge >= 0.3 is 12.1 Å². The number of rotatable bonds is 9. The highest BCUT2D eigenvalue weighted by Gasteiger charge is 2.32. The minimum absolute atomic E-state index is 0.110. The first kappa shape index (κ1) is 29.3. The number of aromatic nitrogens is 3. The second-order valence-electron chi connectivity index (χ2n) is 10.6. The molecule has 1 atom stereocenters. The van der Waals surface area contributed by atoms with Crippen molar-refractivity contribution in [1.29, 1.82) is 0 Å². The summed E-state index contributed by atoms with van der Waals surface area (Å²) in [6.07, 6.45) is -0.597. The molecule has 8 nitrogen and oxygen atoms in total. The molecule has 1 N–H and O–H groups in total. The lowest BCUT2D eigenvalue weighted by Crippen LogP contribution is -2.47. The molecule has 13 heteroatoms. The minimum atomic E-state index is -4.67. The van der Waals surface area contributed by atoms with E-state index in [1.807, 2.05) is 6.07 Å². The Labute approximate surface area is 239 Å². The Bertz CT molecular complexity index is 1380. The number of nitrogens with zero attached hydrogens (tertiary/aromatic N) is 6. The van der Waals surface area contributed by atoms with Crippen LogP contribution in [0.4, 0.5) is 23.4 Å². The van der Waals surface area contributed by atoms with Gasteiger partial charge in [-0.05, 0) is 44.5 Å². The number of anilines is 1. The Morgan fingerprint density at radius 3 is 2.56 bits per heavy atom. The van der Waals surface area contributed by atoms with Gasteiger partial charge in [0.15, 0.2) is 0 Å². The summed E-state index contributed by atoms with van der Waals surface area (Å²) < 4.78 is 54.8. The molecule has 2 fully saturated rings. The van der Waals surface area contributed by atoms with Crippen molar-refractivity contribution in [3.05, 3.63) is 57.6 Å². The van der Waals surface area contributed by atoms with Gasteiger partial charge in [-0.2, -0.15) is 13.2 Å². The van der Waals surface area contributed by atoms with Gasteiger partial charge in [-0.3, -0.25) is 14.6 Å². The number of carboxylic acids is 1. The van der Waals surface area contributed by atoms with Crippen LogP contribution in [-0.4, -0.2) is 81.1 Å². The van der Waals surface area contributed by atoms with Crippen molar-refractivity contribution in [3.8, 4) is 11.3 Å². The van der Waals surface area contributed by atoms with Gasteiger partial charge in [0, 0.05) is 68.2 Å². The third kappa shape index (κ3) is 7.38. The topological polar surface area (TPSA) is 85.7 Å². The van der Waals surface area contributed by atoms with Crippen LogP contribution in [0.5, 0.6) is 0 Å². The van der Waals surface area contributed by atoms with E-state index in [1.165, 1.54) is 17.7 Å². The largest absolute Gasteiger partial charge is 0.481 e. The van der Waals surface area contributed by atoms with Crippen LogP contribution in [0.3, 0.4) is 0 Å². The minimum Gasteiger partial charge on any atom is -0.481 e. The van der Waals surface area contributed by atoms with Crippen LogP contribution in [0.15, 0.2) is 30.6 Å². The molecule has 0 amide bonds. The van der Waals surface area contributed by atoms with E-state index >= 15 is 0 Å². The van der Waals surface area contributed by atoms with Crippen LogP contribution in [0.2, 0.25) is 0 Å². The van der Waals surface area contributed by atoms with Gasteiger partial charge < -0.3 is 10.0 Å². The maximum atomic E-state index is 14.3. The number of thiazole rings is 1. The normalized spacial score (nSPS) is 18.8. The quantitative estimate of drug-likeness (QED) is 0.350. The molecule has 41 heavy (non-hydrogen) atoms. The Balaban J connectivity index is 1.37. The molecule has 4 heterocycles. The molecule has 2 aliphatic rings. The van der Waals surface area contributed by atoms with Crippen LogP contribution < -0.4 is 4.90 Å². The van der Waals surface area contributed by atoms with Gasteiger partial charge in [-0.15, -0.1) is 11.3 Å². The summed E-state index contributed by atoms with van der Waals surface area (Å²) in [5.74, 6) is -1.00. The fourth-order valence-electron chi connectivity index (χ4n) is 5.38. The molecular formula is C28H32F4N6O2S. The number of hydrogen-bond donors (Lipinski definition) is 1. The highest BCUT2D eigenvalue weighted by Crippen LogP contribution is 2.37. The number of carboxylic acid groups (broad SMARTS) is 1. The first-order valence-electron chi connectivity index (χ1n) is 13.7. The molecule has 0 aliphatic carbocycles. The van der Waals surface area contributed by atoms with Crippen LogP contribution >= 0.6 is 11.3 Å². The molecular weight excluding hydrogens is 560 g/mol. The van der Waals surface area contributed by atoms with Crippen LogP contribution in [0, 0.1) is 5.82 Å². The van der Waals surface area contributed by atoms with E-state index in [-0.39, 0.29) is 12.0 Å². The molecule has 0 radical (unpaired) electrons. The first-order valence-corrected chi connectivity index (χ1v) is 14.5. The highest BCUT2D eigenvalue weighted by molar-refractivity contribution is 7.12. The molecule has 2 saturated heterocycles. The molecule has 0 spiro atoms. The van der Waals surface area contributed by atoms with E-state index in [2.05, 4.69) is 31.6 Å². The number of hydrogen-bond acceptors (Lipinski definition) is 8. The van der Waals surface area contributed by atoms with Crippen molar-refractivity contribution in [2.75, 3.05) is 44.2 Å². The first-order chi connectivity index (χ1) is 19.5. The third-order valence-electron chi connectivity index (χ3n) is 7.66. The zero-order chi connectivity index (χ0) is 29.1. The molecule has 1 aromatic carbocycles. The van der Waals surface area contributed by atoms with Gasteiger partial charge in [0.05, 0.1) is 28.4 Å². The van der Waals surface area contributed by atoms with E-state index in [1.54, 1.807) is 0 Å². The Morgan fingerprint density at radius 2 is 1.88 bits per heavy atom. The molecule has 2 aromatic heterocycles. The van der Waals surface area contributed by atoms with Gasteiger partial charge in [0.1, 0.15) is 18.0 Å². The fraction of sp³-hybridized carbons (Fsp3) is 0.500. The van der Waals surface area contributed by atoms with Gasteiger partial charge in [-0.1, -0.05) is 0 Å². The van der Waals surface area contributed by atoms with Crippen molar-refractivity contribution >= 4 is 23.1 Å². The molecule has 0 saturated carbocycles. The SMILES string of the molecule is C[C@@H]1CCCN1Cc1sc(Cc2cc(N3CCN(CCC(=O)O)CC3)ncn2)nc1-c1cc(F)cc(C(F)(F)F)c1. The molecule has 3 aromatic rings. The zero-order valence-electron chi connectivity index (χ0n) is 22.7. The highest BCUT2D eigenvalue weighted by atomic mass is 32.1. The second-order valence-corrected chi connectivity index (χ2v) is 11.8. The van der Waals surface area contributed by atoms with Crippen LogP contribution in [0.25, 0.3) is 11.3 Å².